The molecule has 0 aromatic heterocycles. The molecular formula is C8H9ClF4N2O. The minimum atomic E-state index is -4.47. The van der Waals surface area contributed by atoms with Gasteiger partial charge in [-0.2, -0.15) is 13.2 Å². The minimum Gasteiger partial charge on any atom is -0.482 e. The third-order valence-corrected chi connectivity index (χ3v) is 1.49. The molecular weight excluding hydrogens is 252 g/mol. The van der Waals surface area contributed by atoms with E-state index in [4.69, 9.17) is 5.84 Å². The van der Waals surface area contributed by atoms with Gasteiger partial charge in [0.1, 0.15) is 11.6 Å². The number of rotatable bonds is 3. The summed E-state index contributed by atoms with van der Waals surface area (Å²) in [6, 6.07) is 3.05. The van der Waals surface area contributed by atoms with Gasteiger partial charge in [-0.05, 0) is 12.1 Å². The fraction of sp³-hybridized carbons (Fsp3) is 0.250. The van der Waals surface area contributed by atoms with Gasteiger partial charge in [0, 0.05) is 6.07 Å². The lowest BCUT2D eigenvalue weighted by Crippen LogP contribution is -2.20. The second-order valence-electron chi connectivity index (χ2n) is 2.69. The highest BCUT2D eigenvalue weighted by Crippen LogP contribution is 2.26. The number of halogens is 5. The minimum absolute atomic E-state index is 0. The van der Waals surface area contributed by atoms with Crippen molar-refractivity contribution in [1.29, 1.82) is 0 Å². The predicted octanol–water partition coefficient (Wildman–Crippen LogP) is 2.47. The summed E-state index contributed by atoms with van der Waals surface area (Å²) in [5, 5.41) is 0. The third kappa shape index (κ3) is 4.54. The standard InChI is InChI=1S/C8H8F4N2O.ClH/c9-5-1-2-6(14-13)7(3-5)15-4-8(10,11)12;/h1-3,14H,4,13H2;1H. The number of hydrogen-bond donors (Lipinski definition) is 2. The molecule has 8 heteroatoms. The number of anilines is 1. The van der Waals surface area contributed by atoms with Crippen molar-refractivity contribution in [3.63, 3.8) is 0 Å². The molecule has 0 aliphatic heterocycles. The van der Waals surface area contributed by atoms with Crippen molar-refractivity contribution < 1.29 is 22.3 Å². The van der Waals surface area contributed by atoms with Crippen molar-refractivity contribution in [2.45, 2.75) is 6.18 Å². The fourth-order valence-corrected chi connectivity index (χ4v) is 0.894. The van der Waals surface area contributed by atoms with Crippen molar-refractivity contribution in [3.8, 4) is 5.75 Å². The zero-order chi connectivity index (χ0) is 11.5. The molecule has 0 amide bonds. The Morgan fingerprint density at radius 2 is 1.94 bits per heavy atom. The first-order chi connectivity index (χ1) is 6.92. The number of hydrazine groups is 1. The molecule has 0 fully saturated rings. The van der Waals surface area contributed by atoms with Crippen LogP contribution < -0.4 is 16.0 Å². The Hall–Kier alpha value is -1.21. The first kappa shape index (κ1) is 14.8. The summed E-state index contributed by atoms with van der Waals surface area (Å²) in [4.78, 5) is 0. The van der Waals surface area contributed by atoms with Crippen LogP contribution in [0.2, 0.25) is 0 Å². The summed E-state index contributed by atoms with van der Waals surface area (Å²) in [6.45, 7) is -1.49. The van der Waals surface area contributed by atoms with Crippen LogP contribution in [0.1, 0.15) is 0 Å². The van der Waals surface area contributed by atoms with Gasteiger partial charge in [0.2, 0.25) is 0 Å². The first-order valence-corrected chi connectivity index (χ1v) is 3.88. The second-order valence-corrected chi connectivity index (χ2v) is 2.69. The molecule has 0 aliphatic rings. The van der Waals surface area contributed by atoms with Crippen LogP contribution in [0, 0.1) is 5.82 Å². The molecule has 0 aliphatic carbocycles. The van der Waals surface area contributed by atoms with Crippen LogP contribution in [0.25, 0.3) is 0 Å². The van der Waals surface area contributed by atoms with Crippen LogP contribution in [0.5, 0.6) is 5.75 Å². The maximum atomic E-state index is 12.7. The molecule has 3 nitrogen and oxygen atoms in total. The Balaban J connectivity index is 0.00000225. The lowest BCUT2D eigenvalue weighted by atomic mass is 10.3. The Morgan fingerprint density at radius 1 is 1.31 bits per heavy atom. The summed E-state index contributed by atoms with van der Waals surface area (Å²) in [7, 11) is 0. The van der Waals surface area contributed by atoms with Gasteiger partial charge in [-0.15, -0.1) is 12.4 Å². The monoisotopic (exact) mass is 260 g/mol. The predicted molar refractivity (Wildman–Crippen MR) is 53.0 cm³/mol. The molecule has 1 aromatic rings. The van der Waals surface area contributed by atoms with E-state index in [1.54, 1.807) is 0 Å². The van der Waals surface area contributed by atoms with Gasteiger partial charge >= 0.3 is 6.18 Å². The normalized spacial score (nSPS) is 10.6. The molecule has 0 spiro atoms. The van der Waals surface area contributed by atoms with Crippen molar-refractivity contribution in [1.82, 2.24) is 0 Å². The van der Waals surface area contributed by atoms with Crippen LogP contribution in [-0.4, -0.2) is 12.8 Å². The van der Waals surface area contributed by atoms with E-state index in [-0.39, 0.29) is 23.8 Å². The van der Waals surface area contributed by atoms with E-state index in [1.807, 2.05) is 0 Å². The SMILES string of the molecule is Cl.NNc1ccc(F)cc1OCC(F)(F)F. The van der Waals surface area contributed by atoms with E-state index in [2.05, 4.69) is 10.2 Å². The van der Waals surface area contributed by atoms with Gasteiger partial charge in [-0.25, -0.2) is 4.39 Å². The van der Waals surface area contributed by atoms with Crippen LogP contribution in [-0.2, 0) is 0 Å². The second kappa shape index (κ2) is 5.76. The maximum Gasteiger partial charge on any atom is 0.422 e. The van der Waals surface area contributed by atoms with E-state index in [1.165, 1.54) is 6.07 Å². The molecule has 92 valence electrons. The third-order valence-electron chi connectivity index (χ3n) is 1.49. The Labute approximate surface area is 94.9 Å². The van der Waals surface area contributed by atoms with Gasteiger partial charge in [0.05, 0.1) is 5.69 Å². The Kier molecular flexibility index (Phi) is 5.32. The van der Waals surface area contributed by atoms with Gasteiger partial charge in [0.25, 0.3) is 0 Å². The fourth-order valence-electron chi connectivity index (χ4n) is 0.894. The highest BCUT2D eigenvalue weighted by molar-refractivity contribution is 5.85. The highest BCUT2D eigenvalue weighted by atomic mass is 35.5. The highest BCUT2D eigenvalue weighted by Gasteiger charge is 2.28. The molecule has 0 unspecified atom stereocenters. The molecule has 0 radical (unpaired) electrons. The Morgan fingerprint density at radius 3 is 2.44 bits per heavy atom. The van der Waals surface area contributed by atoms with Crippen molar-refractivity contribution in [2.24, 2.45) is 5.84 Å². The summed E-state index contributed by atoms with van der Waals surface area (Å²) < 4.78 is 52.5. The average Bonchev–Trinajstić information content (AvgIpc) is 2.14. The summed E-state index contributed by atoms with van der Waals surface area (Å²) in [6.07, 6.45) is -4.47. The van der Waals surface area contributed by atoms with Gasteiger partial charge in [-0.3, -0.25) is 5.84 Å². The van der Waals surface area contributed by atoms with E-state index >= 15 is 0 Å². The van der Waals surface area contributed by atoms with Gasteiger partial charge < -0.3 is 10.2 Å². The van der Waals surface area contributed by atoms with E-state index < -0.39 is 18.6 Å². The maximum absolute atomic E-state index is 12.7. The summed E-state index contributed by atoms with van der Waals surface area (Å²) in [5.74, 6) is 4.02. The largest absolute Gasteiger partial charge is 0.482 e. The number of hydrogen-bond acceptors (Lipinski definition) is 3. The molecule has 0 saturated carbocycles. The summed E-state index contributed by atoms with van der Waals surface area (Å²) >= 11 is 0. The molecule has 0 atom stereocenters. The van der Waals surface area contributed by atoms with Crippen LogP contribution in [0.15, 0.2) is 18.2 Å². The van der Waals surface area contributed by atoms with Crippen molar-refractivity contribution in [3.05, 3.63) is 24.0 Å². The van der Waals surface area contributed by atoms with Crippen LogP contribution in [0.3, 0.4) is 0 Å². The quantitative estimate of drug-likeness (QED) is 0.499. The number of ether oxygens (including phenoxy) is 1. The van der Waals surface area contributed by atoms with E-state index in [9.17, 15) is 17.6 Å². The topological polar surface area (TPSA) is 47.3 Å². The molecule has 3 N–H and O–H groups in total. The number of nitrogens with two attached hydrogens (primary N) is 1. The number of nitrogen functional groups attached to an aromatic ring is 1. The smallest absolute Gasteiger partial charge is 0.422 e. The molecule has 1 aromatic carbocycles. The molecule has 0 saturated heterocycles. The van der Waals surface area contributed by atoms with Gasteiger partial charge in [-0.1, -0.05) is 0 Å². The Bertz CT molecular complexity index is 345. The van der Waals surface area contributed by atoms with E-state index in [0.29, 0.717) is 0 Å². The number of alkyl halides is 3. The first-order valence-electron chi connectivity index (χ1n) is 3.88. The average molecular weight is 261 g/mol. The van der Waals surface area contributed by atoms with E-state index in [0.717, 1.165) is 12.1 Å². The zero-order valence-electron chi connectivity index (χ0n) is 7.84. The zero-order valence-corrected chi connectivity index (χ0v) is 8.66. The van der Waals surface area contributed by atoms with Crippen molar-refractivity contribution in [2.75, 3.05) is 12.0 Å². The lowest BCUT2D eigenvalue weighted by molar-refractivity contribution is -0.153. The number of benzene rings is 1. The van der Waals surface area contributed by atoms with Crippen LogP contribution in [0.4, 0.5) is 23.2 Å². The number of nitrogens with one attached hydrogen (secondary N) is 1. The lowest BCUT2D eigenvalue weighted by Gasteiger charge is -2.12. The molecule has 16 heavy (non-hydrogen) atoms. The van der Waals surface area contributed by atoms with Crippen LogP contribution >= 0.6 is 12.4 Å². The van der Waals surface area contributed by atoms with Gasteiger partial charge in [0.15, 0.2) is 6.61 Å². The molecule has 0 bridgehead atoms. The molecule has 1 rings (SSSR count). The van der Waals surface area contributed by atoms with Crippen molar-refractivity contribution >= 4 is 18.1 Å². The molecule has 0 heterocycles. The summed E-state index contributed by atoms with van der Waals surface area (Å²) in [5.41, 5.74) is 2.18.